The SMILES string of the molecule is COc1cc(Cl)cc(C(=O)N2CCc3c(nn(C)c3-c3ccccc3)C2)c1. The van der Waals surface area contributed by atoms with Gasteiger partial charge in [-0.3, -0.25) is 9.48 Å². The zero-order valence-corrected chi connectivity index (χ0v) is 16.0. The summed E-state index contributed by atoms with van der Waals surface area (Å²) in [6.07, 6.45) is 0.775. The molecule has 1 aliphatic heterocycles. The van der Waals surface area contributed by atoms with Gasteiger partial charge in [-0.05, 0) is 24.6 Å². The van der Waals surface area contributed by atoms with Gasteiger partial charge in [-0.1, -0.05) is 41.9 Å². The third-order valence-electron chi connectivity index (χ3n) is 4.89. The van der Waals surface area contributed by atoms with Crippen molar-refractivity contribution in [2.75, 3.05) is 13.7 Å². The first-order valence-corrected chi connectivity index (χ1v) is 9.18. The van der Waals surface area contributed by atoms with Crippen LogP contribution in [0.1, 0.15) is 21.6 Å². The molecule has 0 unspecified atom stereocenters. The number of hydrogen-bond donors (Lipinski definition) is 0. The van der Waals surface area contributed by atoms with Crippen LogP contribution >= 0.6 is 11.6 Å². The van der Waals surface area contributed by atoms with Gasteiger partial charge >= 0.3 is 0 Å². The highest BCUT2D eigenvalue weighted by Gasteiger charge is 2.27. The van der Waals surface area contributed by atoms with Gasteiger partial charge < -0.3 is 9.64 Å². The molecular formula is C21H20ClN3O2. The molecule has 138 valence electrons. The smallest absolute Gasteiger partial charge is 0.254 e. The number of fused-ring (bicyclic) bond motifs is 1. The third-order valence-corrected chi connectivity index (χ3v) is 5.11. The molecule has 2 heterocycles. The first kappa shape index (κ1) is 17.6. The lowest BCUT2D eigenvalue weighted by Gasteiger charge is -2.27. The topological polar surface area (TPSA) is 47.4 Å². The number of benzene rings is 2. The molecule has 1 aliphatic rings. The molecule has 0 aliphatic carbocycles. The van der Waals surface area contributed by atoms with Crippen LogP contribution in [0, 0.1) is 0 Å². The van der Waals surface area contributed by atoms with E-state index in [-0.39, 0.29) is 5.91 Å². The Morgan fingerprint density at radius 3 is 2.70 bits per heavy atom. The average Bonchev–Trinajstić information content (AvgIpc) is 3.02. The van der Waals surface area contributed by atoms with Crippen LogP contribution in [-0.4, -0.2) is 34.2 Å². The first-order valence-electron chi connectivity index (χ1n) is 8.81. The van der Waals surface area contributed by atoms with Crippen molar-refractivity contribution in [2.24, 2.45) is 7.05 Å². The van der Waals surface area contributed by atoms with Gasteiger partial charge in [0, 0.05) is 35.3 Å². The van der Waals surface area contributed by atoms with Gasteiger partial charge in [0.2, 0.25) is 0 Å². The summed E-state index contributed by atoms with van der Waals surface area (Å²) in [5.74, 6) is 0.515. The molecule has 2 aromatic carbocycles. The molecule has 5 nitrogen and oxygen atoms in total. The van der Waals surface area contributed by atoms with E-state index in [0.29, 0.717) is 29.4 Å². The zero-order valence-electron chi connectivity index (χ0n) is 15.3. The molecular weight excluding hydrogens is 362 g/mol. The fraction of sp³-hybridized carbons (Fsp3) is 0.238. The van der Waals surface area contributed by atoms with E-state index in [1.807, 2.05) is 34.8 Å². The third kappa shape index (κ3) is 3.30. The van der Waals surface area contributed by atoms with Crippen LogP contribution in [0.3, 0.4) is 0 Å². The molecule has 0 saturated carbocycles. The number of rotatable bonds is 3. The van der Waals surface area contributed by atoms with E-state index in [2.05, 4.69) is 17.2 Å². The molecule has 0 fully saturated rings. The number of aromatic nitrogens is 2. The second kappa shape index (κ2) is 7.08. The average molecular weight is 382 g/mol. The van der Waals surface area contributed by atoms with E-state index in [4.69, 9.17) is 16.3 Å². The number of carbonyl (C=O) groups excluding carboxylic acids is 1. The number of carbonyl (C=O) groups is 1. The number of methoxy groups -OCH3 is 1. The van der Waals surface area contributed by atoms with Crippen molar-refractivity contribution in [3.63, 3.8) is 0 Å². The molecule has 0 radical (unpaired) electrons. The molecule has 27 heavy (non-hydrogen) atoms. The highest BCUT2D eigenvalue weighted by atomic mass is 35.5. The van der Waals surface area contributed by atoms with Gasteiger partial charge in [-0.15, -0.1) is 0 Å². The van der Waals surface area contributed by atoms with Crippen molar-refractivity contribution < 1.29 is 9.53 Å². The summed E-state index contributed by atoms with van der Waals surface area (Å²) in [5.41, 5.74) is 4.97. The van der Waals surface area contributed by atoms with Gasteiger partial charge in [0.1, 0.15) is 5.75 Å². The van der Waals surface area contributed by atoms with E-state index < -0.39 is 0 Å². The van der Waals surface area contributed by atoms with Gasteiger partial charge in [-0.25, -0.2) is 0 Å². The monoisotopic (exact) mass is 381 g/mol. The summed E-state index contributed by atoms with van der Waals surface area (Å²) < 4.78 is 7.14. The Morgan fingerprint density at radius 1 is 1.19 bits per heavy atom. The Morgan fingerprint density at radius 2 is 1.96 bits per heavy atom. The quantitative estimate of drug-likeness (QED) is 0.690. The number of amides is 1. The molecule has 6 heteroatoms. The Kier molecular flexibility index (Phi) is 4.62. The molecule has 0 atom stereocenters. The number of aryl methyl sites for hydroxylation is 1. The summed E-state index contributed by atoms with van der Waals surface area (Å²) in [6, 6.07) is 15.3. The Labute approximate surface area is 163 Å². The predicted molar refractivity (Wildman–Crippen MR) is 105 cm³/mol. The molecule has 1 aromatic heterocycles. The maximum atomic E-state index is 13.0. The predicted octanol–water partition coefficient (Wildman–Crippen LogP) is 3.95. The van der Waals surface area contributed by atoms with Crippen LogP contribution < -0.4 is 4.74 Å². The van der Waals surface area contributed by atoms with Gasteiger partial charge in [0.15, 0.2) is 0 Å². The normalized spacial score (nSPS) is 13.4. The van der Waals surface area contributed by atoms with Crippen molar-refractivity contribution in [1.82, 2.24) is 14.7 Å². The van der Waals surface area contributed by atoms with Gasteiger partial charge in [0.05, 0.1) is 25.0 Å². The molecule has 0 saturated heterocycles. The molecule has 0 N–H and O–H groups in total. The molecule has 1 amide bonds. The minimum absolute atomic E-state index is 0.0617. The van der Waals surface area contributed by atoms with Crippen LogP contribution in [-0.2, 0) is 20.0 Å². The summed E-state index contributed by atoms with van der Waals surface area (Å²) in [7, 11) is 3.51. The number of nitrogens with zero attached hydrogens (tertiary/aromatic N) is 3. The fourth-order valence-electron chi connectivity index (χ4n) is 3.64. The second-order valence-electron chi connectivity index (χ2n) is 6.62. The van der Waals surface area contributed by atoms with Crippen molar-refractivity contribution in [3.05, 3.63) is 70.4 Å². The minimum atomic E-state index is -0.0617. The van der Waals surface area contributed by atoms with Crippen molar-refractivity contribution >= 4 is 17.5 Å². The second-order valence-corrected chi connectivity index (χ2v) is 7.06. The van der Waals surface area contributed by atoms with Crippen LogP contribution in [0.25, 0.3) is 11.3 Å². The highest BCUT2D eigenvalue weighted by molar-refractivity contribution is 6.31. The van der Waals surface area contributed by atoms with Gasteiger partial charge in [0.25, 0.3) is 5.91 Å². The maximum Gasteiger partial charge on any atom is 0.254 e. The number of hydrogen-bond acceptors (Lipinski definition) is 3. The van der Waals surface area contributed by atoms with E-state index >= 15 is 0 Å². The van der Waals surface area contributed by atoms with Crippen molar-refractivity contribution in [1.29, 1.82) is 0 Å². The number of halogens is 1. The maximum absolute atomic E-state index is 13.0. The lowest BCUT2D eigenvalue weighted by atomic mass is 9.99. The van der Waals surface area contributed by atoms with Crippen LogP contribution in [0.15, 0.2) is 48.5 Å². The summed E-state index contributed by atoms with van der Waals surface area (Å²) in [6.45, 7) is 1.13. The van der Waals surface area contributed by atoms with Crippen LogP contribution in [0.4, 0.5) is 0 Å². The lowest BCUT2D eigenvalue weighted by Crippen LogP contribution is -2.36. The zero-order chi connectivity index (χ0) is 19.0. The standard InChI is InChI=1S/C21H20ClN3O2/c1-24-20(14-6-4-3-5-7-14)18-8-9-25(13-19(18)23-24)21(26)15-10-16(22)12-17(11-15)27-2/h3-7,10-12H,8-9,13H2,1-2H3. The van der Waals surface area contributed by atoms with Gasteiger partial charge in [-0.2, -0.15) is 5.10 Å². The van der Waals surface area contributed by atoms with Crippen LogP contribution in [0.5, 0.6) is 5.75 Å². The van der Waals surface area contributed by atoms with E-state index in [1.54, 1.807) is 25.3 Å². The van der Waals surface area contributed by atoms with Crippen molar-refractivity contribution in [2.45, 2.75) is 13.0 Å². The molecule has 0 spiro atoms. The van der Waals surface area contributed by atoms with E-state index in [9.17, 15) is 4.79 Å². The number of ether oxygens (including phenoxy) is 1. The fourth-order valence-corrected chi connectivity index (χ4v) is 3.86. The van der Waals surface area contributed by atoms with Crippen molar-refractivity contribution in [3.8, 4) is 17.0 Å². The van der Waals surface area contributed by atoms with E-state index in [0.717, 1.165) is 23.4 Å². The Hall–Kier alpha value is -2.79. The summed E-state index contributed by atoms with van der Waals surface area (Å²) in [4.78, 5) is 14.8. The highest BCUT2D eigenvalue weighted by Crippen LogP contribution is 2.31. The Bertz CT molecular complexity index is 998. The summed E-state index contributed by atoms with van der Waals surface area (Å²) >= 11 is 6.12. The first-order chi connectivity index (χ1) is 13.1. The summed E-state index contributed by atoms with van der Waals surface area (Å²) in [5, 5.41) is 5.16. The van der Waals surface area contributed by atoms with Crippen LogP contribution in [0.2, 0.25) is 5.02 Å². The Balaban J connectivity index is 1.63. The lowest BCUT2D eigenvalue weighted by molar-refractivity contribution is 0.0732. The molecule has 0 bridgehead atoms. The molecule has 4 rings (SSSR count). The largest absolute Gasteiger partial charge is 0.497 e. The minimum Gasteiger partial charge on any atom is -0.497 e. The molecule has 3 aromatic rings. The van der Waals surface area contributed by atoms with E-state index in [1.165, 1.54) is 5.56 Å².